The van der Waals surface area contributed by atoms with Crippen molar-refractivity contribution in [3.63, 3.8) is 0 Å². The van der Waals surface area contributed by atoms with Crippen LogP contribution in [0, 0.1) is 0 Å². The predicted molar refractivity (Wildman–Crippen MR) is 73.8 cm³/mol. The van der Waals surface area contributed by atoms with Crippen molar-refractivity contribution in [1.82, 2.24) is 9.88 Å². The van der Waals surface area contributed by atoms with Crippen LogP contribution >= 0.6 is 15.9 Å². The summed E-state index contributed by atoms with van der Waals surface area (Å²) in [6, 6.07) is 1.67. The van der Waals surface area contributed by atoms with E-state index in [1.807, 2.05) is 0 Å². The number of nitrogens with two attached hydrogens (primary N) is 1. The van der Waals surface area contributed by atoms with Gasteiger partial charge >= 0.3 is 0 Å². The van der Waals surface area contributed by atoms with Gasteiger partial charge in [0.1, 0.15) is 18.0 Å². The molecule has 0 spiro atoms. The normalized spacial score (nSPS) is 22.8. The van der Waals surface area contributed by atoms with E-state index in [0.29, 0.717) is 18.7 Å². The van der Waals surface area contributed by atoms with Gasteiger partial charge in [-0.2, -0.15) is 0 Å². The van der Waals surface area contributed by atoms with Gasteiger partial charge in [-0.25, -0.2) is 4.98 Å². The lowest BCUT2D eigenvalue weighted by Gasteiger charge is -2.16. The minimum Gasteiger partial charge on any atom is -0.383 e. The Bertz CT molecular complexity index is 471. The van der Waals surface area contributed by atoms with Crippen LogP contribution in [0.25, 0.3) is 0 Å². The van der Waals surface area contributed by atoms with E-state index in [1.165, 1.54) is 0 Å². The molecule has 0 saturated carbocycles. The van der Waals surface area contributed by atoms with E-state index in [0.717, 1.165) is 4.47 Å². The molecule has 6 nitrogen and oxygen atoms in total. The summed E-state index contributed by atoms with van der Waals surface area (Å²) in [5.74, 6) is 0.0657. The monoisotopic (exact) mass is 329 g/mol. The van der Waals surface area contributed by atoms with E-state index in [2.05, 4.69) is 20.9 Å². The first kappa shape index (κ1) is 14.2. The lowest BCUT2D eigenvalue weighted by atomic mass is 10.2. The molecule has 1 amide bonds. The van der Waals surface area contributed by atoms with Gasteiger partial charge in [-0.3, -0.25) is 4.79 Å². The summed E-state index contributed by atoms with van der Waals surface area (Å²) < 4.78 is 11.3. The summed E-state index contributed by atoms with van der Waals surface area (Å²) in [4.78, 5) is 18.1. The maximum atomic E-state index is 12.4. The predicted octanol–water partition coefficient (Wildman–Crippen LogP) is 0.912. The molecule has 0 aromatic carbocycles. The number of ether oxygens (including phenoxy) is 2. The maximum absolute atomic E-state index is 12.4. The first-order chi connectivity index (χ1) is 9.06. The Kier molecular flexibility index (Phi) is 4.38. The minimum absolute atomic E-state index is 0.115. The molecule has 0 bridgehead atoms. The first-order valence-electron chi connectivity index (χ1n) is 5.82. The van der Waals surface area contributed by atoms with Gasteiger partial charge in [0.2, 0.25) is 0 Å². The molecular weight excluding hydrogens is 314 g/mol. The lowest BCUT2D eigenvalue weighted by molar-refractivity contribution is -0.00461. The second kappa shape index (κ2) is 5.85. The topological polar surface area (TPSA) is 77.7 Å². The van der Waals surface area contributed by atoms with E-state index in [9.17, 15) is 4.79 Å². The number of amides is 1. The van der Waals surface area contributed by atoms with Gasteiger partial charge in [0, 0.05) is 38.0 Å². The average molecular weight is 330 g/mol. The van der Waals surface area contributed by atoms with Gasteiger partial charge in [0.25, 0.3) is 5.91 Å². The number of methoxy groups -OCH3 is 2. The number of carbonyl (C=O) groups excluding carboxylic acids is 1. The molecule has 19 heavy (non-hydrogen) atoms. The van der Waals surface area contributed by atoms with Crippen molar-refractivity contribution in [3.05, 3.63) is 22.3 Å². The molecule has 0 radical (unpaired) electrons. The van der Waals surface area contributed by atoms with E-state index in [4.69, 9.17) is 15.2 Å². The van der Waals surface area contributed by atoms with Crippen molar-refractivity contribution in [3.8, 4) is 0 Å². The number of nitrogen functional groups attached to an aromatic ring is 1. The van der Waals surface area contributed by atoms with E-state index < -0.39 is 0 Å². The molecule has 2 heterocycles. The summed E-state index contributed by atoms with van der Waals surface area (Å²) >= 11 is 3.29. The Hall–Kier alpha value is -1.18. The first-order valence-corrected chi connectivity index (χ1v) is 6.62. The van der Waals surface area contributed by atoms with Crippen LogP contribution in [0.1, 0.15) is 10.4 Å². The van der Waals surface area contributed by atoms with Crippen molar-refractivity contribution in [2.24, 2.45) is 0 Å². The molecule has 1 fully saturated rings. The van der Waals surface area contributed by atoms with Gasteiger partial charge in [-0.05, 0) is 22.0 Å². The molecule has 2 N–H and O–H groups in total. The minimum atomic E-state index is -0.159. The van der Waals surface area contributed by atoms with Crippen molar-refractivity contribution >= 4 is 27.7 Å². The number of hydrogen-bond donors (Lipinski definition) is 1. The quantitative estimate of drug-likeness (QED) is 0.891. The molecule has 0 aliphatic carbocycles. The van der Waals surface area contributed by atoms with E-state index in [-0.39, 0.29) is 23.9 Å². The number of anilines is 1. The zero-order valence-electron chi connectivity index (χ0n) is 10.8. The lowest BCUT2D eigenvalue weighted by Crippen LogP contribution is -2.30. The fourth-order valence-electron chi connectivity index (χ4n) is 2.15. The van der Waals surface area contributed by atoms with Crippen molar-refractivity contribution in [2.75, 3.05) is 33.0 Å². The van der Waals surface area contributed by atoms with Gasteiger partial charge in [0.15, 0.2) is 0 Å². The largest absolute Gasteiger partial charge is 0.383 e. The van der Waals surface area contributed by atoms with Gasteiger partial charge < -0.3 is 20.1 Å². The van der Waals surface area contributed by atoms with Crippen LogP contribution in [0.2, 0.25) is 0 Å². The Morgan fingerprint density at radius 1 is 1.42 bits per heavy atom. The maximum Gasteiger partial charge on any atom is 0.257 e. The highest BCUT2D eigenvalue weighted by Gasteiger charge is 2.36. The molecule has 1 aromatic heterocycles. The third kappa shape index (κ3) is 2.88. The van der Waals surface area contributed by atoms with E-state index in [1.54, 1.807) is 31.4 Å². The summed E-state index contributed by atoms with van der Waals surface area (Å²) in [5.41, 5.74) is 6.14. The number of halogens is 1. The Labute approximate surface area is 120 Å². The number of rotatable bonds is 3. The van der Waals surface area contributed by atoms with Gasteiger partial charge in [0.05, 0.1) is 5.56 Å². The third-order valence-corrected chi connectivity index (χ3v) is 3.66. The van der Waals surface area contributed by atoms with E-state index >= 15 is 0 Å². The number of aromatic nitrogens is 1. The average Bonchev–Trinajstić information content (AvgIpc) is 2.84. The second-order valence-corrected chi connectivity index (χ2v) is 5.26. The zero-order chi connectivity index (χ0) is 14.0. The smallest absolute Gasteiger partial charge is 0.257 e. The number of carbonyl (C=O) groups is 1. The van der Waals surface area contributed by atoms with Crippen LogP contribution in [0.5, 0.6) is 0 Å². The Morgan fingerprint density at radius 3 is 2.53 bits per heavy atom. The van der Waals surface area contributed by atoms with Gasteiger partial charge in [-0.1, -0.05) is 0 Å². The molecular formula is C12H16BrN3O3. The molecule has 2 rings (SSSR count). The number of likely N-dealkylation sites (tertiary alicyclic amines) is 1. The summed E-state index contributed by atoms with van der Waals surface area (Å²) in [6.45, 7) is 0.972. The molecule has 1 aliphatic heterocycles. The van der Waals surface area contributed by atoms with Crippen LogP contribution in [-0.2, 0) is 9.47 Å². The van der Waals surface area contributed by atoms with Crippen LogP contribution in [0.15, 0.2) is 16.7 Å². The molecule has 1 aromatic rings. The standard InChI is InChI=1S/C12H16BrN3O3/c1-18-9-5-16(6-10(9)19-2)12(17)8-3-7(13)4-15-11(8)14/h3-4,9-10H,5-6H2,1-2H3,(H2,14,15). The zero-order valence-corrected chi connectivity index (χ0v) is 12.4. The molecule has 2 atom stereocenters. The van der Waals surface area contributed by atoms with Crippen LogP contribution in [-0.4, -0.2) is 55.3 Å². The highest BCUT2D eigenvalue weighted by Crippen LogP contribution is 2.22. The van der Waals surface area contributed by atoms with Gasteiger partial charge in [-0.15, -0.1) is 0 Å². The summed E-state index contributed by atoms with van der Waals surface area (Å²) in [5, 5.41) is 0. The molecule has 1 saturated heterocycles. The molecule has 2 unspecified atom stereocenters. The van der Waals surface area contributed by atoms with Crippen molar-refractivity contribution < 1.29 is 14.3 Å². The highest BCUT2D eigenvalue weighted by molar-refractivity contribution is 9.10. The number of pyridine rings is 1. The molecule has 1 aliphatic rings. The fraction of sp³-hybridized carbons (Fsp3) is 0.500. The van der Waals surface area contributed by atoms with Crippen molar-refractivity contribution in [2.45, 2.75) is 12.2 Å². The number of hydrogen-bond acceptors (Lipinski definition) is 5. The summed E-state index contributed by atoms with van der Waals surface area (Å²) in [7, 11) is 3.22. The van der Waals surface area contributed by atoms with Crippen molar-refractivity contribution in [1.29, 1.82) is 0 Å². The molecule has 7 heteroatoms. The fourth-order valence-corrected chi connectivity index (χ4v) is 2.49. The highest BCUT2D eigenvalue weighted by atomic mass is 79.9. The SMILES string of the molecule is COC1CN(C(=O)c2cc(Br)cnc2N)CC1OC. The van der Waals surface area contributed by atoms with Crippen LogP contribution in [0.4, 0.5) is 5.82 Å². The Morgan fingerprint density at radius 2 is 2.00 bits per heavy atom. The summed E-state index contributed by atoms with van der Waals surface area (Å²) in [6.07, 6.45) is 1.33. The number of nitrogens with zero attached hydrogens (tertiary/aromatic N) is 2. The van der Waals surface area contributed by atoms with Crippen LogP contribution < -0.4 is 5.73 Å². The second-order valence-electron chi connectivity index (χ2n) is 4.34. The third-order valence-electron chi connectivity index (χ3n) is 3.22. The molecule has 104 valence electrons. The Balaban J connectivity index is 2.19. The van der Waals surface area contributed by atoms with Crippen LogP contribution in [0.3, 0.4) is 0 Å².